The van der Waals surface area contributed by atoms with Gasteiger partial charge >= 0.3 is 0 Å². The van der Waals surface area contributed by atoms with Crippen LogP contribution in [0, 0.1) is 11.8 Å². The lowest BCUT2D eigenvalue weighted by Gasteiger charge is -2.24. The Bertz CT molecular complexity index is 125. The normalized spacial score (nSPS) is 15.9. The largest absolute Gasteiger partial charge is 0.317 e. The van der Waals surface area contributed by atoms with Gasteiger partial charge in [-0.25, -0.2) is 0 Å². The Morgan fingerprint density at radius 2 is 1.64 bits per heavy atom. The van der Waals surface area contributed by atoms with Crippen LogP contribution in [-0.4, -0.2) is 38.1 Å². The standard InChI is InChI=1S/C12H28N2/c1-6-11(3)9-14(5)10-12(4)8-13-7-2/h11-13H,6-10H2,1-5H3. The van der Waals surface area contributed by atoms with E-state index >= 15 is 0 Å². The highest BCUT2D eigenvalue weighted by atomic mass is 15.1. The van der Waals surface area contributed by atoms with Gasteiger partial charge in [-0.3, -0.25) is 0 Å². The summed E-state index contributed by atoms with van der Waals surface area (Å²) in [5.74, 6) is 1.58. The molecular weight excluding hydrogens is 172 g/mol. The van der Waals surface area contributed by atoms with E-state index in [1.54, 1.807) is 0 Å². The fraction of sp³-hybridized carbons (Fsp3) is 1.00. The van der Waals surface area contributed by atoms with Gasteiger partial charge in [0.15, 0.2) is 0 Å². The summed E-state index contributed by atoms with van der Waals surface area (Å²) in [6.07, 6.45) is 1.28. The molecule has 0 amide bonds. The predicted octanol–water partition coefficient (Wildman–Crippen LogP) is 2.21. The van der Waals surface area contributed by atoms with Crippen molar-refractivity contribution in [3.8, 4) is 0 Å². The van der Waals surface area contributed by atoms with E-state index in [0.29, 0.717) is 0 Å². The average Bonchev–Trinajstić information content (AvgIpc) is 2.14. The Balaban J connectivity index is 3.54. The molecule has 0 bridgehead atoms. The first-order chi connectivity index (χ1) is 6.60. The van der Waals surface area contributed by atoms with Crippen LogP contribution < -0.4 is 5.32 Å². The van der Waals surface area contributed by atoms with E-state index in [-0.39, 0.29) is 0 Å². The van der Waals surface area contributed by atoms with Crippen LogP contribution in [0.2, 0.25) is 0 Å². The summed E-state index contributed by atoms with van der Waals surface area (Å²) in [5, 5.41) is 3.39. The lowest BCUT2D eigenvalue weighted by molar-refractivity contribution is 0.245. The van der Waals surface area contributed by atoms with Gasteiger partial charge in [0.05, 0.1) is 0 Å². The summed E-state index contributed by atoms with van der Waals surface area (Å²) in [4.78, 5) is 2.45. The first-order valence-corrected chi connectivity index (χ1v) is 5.99. The minimum absolute atomic E-state index is 0.754. The van der Waals surface area contributed by atoms with Crippen molar-refractivity contribution in [3.05, 3.63) is 0 Å². The van der Waals surface area contributed by atoms with Crippen LogP contribution >= 0.6 is 0 Å². The Labute approximate surface area is 90.1 Å². The molecule has 0 rings (SSSR count). The van der Waals surface area contributed by atoms with Gasteiger partial charge in [0.1, 0.15) is 0 Å². The third-order valence-electron chi connectivity index (χ3n) is 2.69. The van der Waals surface area contributed by atoms with Crippen molar-refractivity contribution in [2.24, 2.45) is 11.8 Å². The lowest BCUT2D eigenvalue weighted by Crippen LogP contribution is -2.33. The molecule has 0 saturated carbocycles. The first-order valence-electron chi connectivity index (χ1n) is 5.99. The highest BCUT2D eigenvalue weighted by molar-refractivity contribution is 4.63. The molecule has 2 nitrogen and oxygen atoms in total. The zero-order valence-corrected chi connectivity index (χ0v) is 10.6. The molecule has 0 aliphatic carbocycles. The first kappa shape index (κ1) is 13.9. The molecule has 0 radical (unpaired) electrons. The monoisotopic (exact) mass is 200 g/mol. The molecule has 14 heavy (non-hydrogen) atoms. The van der Waals surface area contributed by atoms with E-state index < -0.39 is 0 Å². The predicted molar refractivity (Wildman–Crippen MR) is 64.7 cm³/mol. The van der Waals surface area contributed by atoms with Crippen molar-refractivity contribution < 1.29 is 0 Å². The smallest absolute Gasteiger partial charge is 0.00162 e. The fourth-order valence-electron chi connectivity index (χ4n) is 1.72. The average molecular weight is 200 g/mol. The van der Waals surface area contributed by atoms with E-state index in [4.69, 9.17) is 0 Å². The van der Waals surface area contributed by atoms with Crippen LogP contribution in [0.15, 0.2) is 0 Å². The molecule has 0 aromatic carbocycles. The lowest BCUT2D eigenvalue weighted by atomic mass is 10.1. The molecule has 2 unspecified atom stereocenters. The second kappa shape index (κ2) is 8.25. The van der Waals surface area contributed by atoms with Gasteiger partial charge in [0.25, 0.3) is 0 Å². The van der Waals surface area contributed by atoms with E-state index in [0.717, 1.165) is 24.9 Å². The van der Waals surface area contributed by atoms with Crippen molar-refractivity contribution in [2.75, 3.05) is 33.2 Å². The van der Waals surface area contributed by atoms with Crippen LogP contribution in [0.3, 0.4) is 0 Å². The molecule has 0 heterocycles. The van der Waals surface area contributed by atoms with Crippen molar-refractivity contribution in [3.63, 3.8) is 0 Å². The van der Waals surface area contributed by atoms with Crippen molar-refractivity contribution in [1.29, 1.82) is 0 Å². The second-order valence-electron chi connectivity index (χ2n) is 4.65. The van der Waals surface area contributed by atoms with Gasteiger partial charge in [0, 0.05) is 13.1 Å². The van der Waals surface area contributed by atoms with E-state index in [1.165, 1.54) is 19.5 Å². The van der Waals surface area contributed by atoms with E-state index in [9.17, 15) is 0 Å². The number of hydrogen-bond acceptors (Lipinski definition) is 2. The van der Waals surface area contributed by atoms with Crippen molar-refractivity contribution >= 4 is 0 Å². The van der Waals surface area contributed by atoms with Gasteiger partial charge in [-0.2, -0.15) is 0 Å². The van der Waals surface area contributed by atoms with Gasteiger partial charge in [-0.1, -0.05) is 34.1 Å². The zero-order chi connectivity index (χ0) is 11.0. The van der Waals surface area contributed by atoms with Crippen molar-refractivity contribution in [1.82, 2.24) is 10.2 Å². The Morgan fingerprint density at radius 1 is 1.07 bits per heavy atom. The molecule has 0 aromatic heterocycles. The minimum atomic E-state index is 0.754. The molecule has 0 saturated heterocycles. The molecule has 2 atom stereocenters. The molecule has 0 fully saturated rings. The summed E-state index contributed by atoms with van der Waals surface area (Å²) in [6.45, 7) is 13.7. The fourth-order valence-corrected chi connectivity index (χ4v) is 1.72. The van der Waals surface area contributed by atoms with Crippen LogP contribution in [-0.2, 0) is 0 Å². The van der Waals surface area contributed by atoms with Gasteiger partial charge in [-0.15, -0.1) is 0 Å². The Morgan fingerprint density at radius 3 is 2.14 bits per heavy atom. The van der Waals surface area contributed by atoms with Crippen molar-refractivity contribution in [2.45, 2.75) is 34.1 Å². The molecule has 0 aromatic rings. The highest BCUT2D eigenvalue weighted by Crippen LogP contribution is 2.04. The summed E-state index contributed by atoms with van der Waals surface area (Å²) < 4.78 is 0. The maximum absolute atomic E-state index is 3.39. The summed E-state index contributed by atoms with van der Waals surface area (Å²) in [5.41, 5.74) is 0. The number of nitrogens with one attached hydrogen (secondary N) is 1. The SMILES string of the molecule is CCNCC(C)CN(C)CC(C)CC. The molecule has 0 aliphatic rings. The molecule has 86 valence electrons. The molecule has 0 aliphatic heterocycles. The summed E-state index contributed by atoms with van der Waals surface area (Å²) >= 11 is 0. The third kappa shape index (κ3) is 7.34. The van der Waals surface area contributed by atoms with Crippen LogP contribution in [0.5, 0.6) is 0 Å². The van der Waals surface area contributed by atoms with E-state index in [1.807, 2.05) is 0 Å². The van der Waals surface area contributed by atoms with Crippen LogP contribution in [0.1, 0.15) is 34.1 Å². The molecule has 0 spiro atoms. The maximum Gasteiger partial charge on any atom is 0.00162 e. The summed E-state index contributed by atoms with van der Waals surface area (Å²) in [7, 11) is 2.23. The second-order valence-corrected chi connectivity index (χ2v) is 4.65. The zero-order valence-electron chi connectivity index (χ0n) is 10.6. The van der Waals surface area contributed by atoms with Crippen LogP contribution in [0.25, 0.3) is 0 Å². The number of nitrogens with zero attached hydrogens (tertiary/aromatic N) is 1. The Hall–Kier alpha value is -0.0800. The number of rotatable bonds is 8. The quantitative estimate of drug-likeness (QED) is 0.646. The maximum atomic E-state index is 3.39. The molecule has 2 heteroatoms. The van der Waals surface area contributed by atoms with Gasteiger partial charge in [-0.05, 0) is 32.0 Å². The van der Waals surface area contributed by atoms with Crippen LogP contribution in [0.4, 0.5) is 0 Å². The Kier molecular flexibility index (Phi) is 8.20. The third-order valence-corrected chi connectivity index (χ3v) is 2.69. The minimum Gasteiger partial charge on any atom is -0.317 e. The summed E-state index contributed by atoms with van der Waals surface area (Å²) in [6, 6.07) is 0. The van der Waals surface area contributed by atoms with Gasteiger partial charge in [0.2, 0.25) is 0 Å². The topological polar surface area (TPSA) is 15.3 Å². The number of hydrogen-bond donors (Lipinski definition) is 1. The molecule has 1 N–H and O–H groups in total. The highest BCUT2D eigenvalue weighted by Gasteiger charge is 2.08. The molecular formula is C12H28N2. The van der Waals surface area contributed by atoms with Gasteiger partial charge < -0.3 is 10.2 Å². The van der Waals surface area contributed by atoms with E-state index in [2.05, 4.69) is 45.0 Å².